The highest BCUT2D eigenvalue weighted by molar-refractivity contribution is 5.89. The van der Waals surface area contributed by atoms with Crippen molar-refractivity contribution < 1.29 is 4.42 Å². The van der Waals surface area contributed by atoms with Crippen molar-refractivity contribution in [2.45, 2.75) is 6.92 Å². The molecule has 0 aliphatic heterocycles. The van der Waals surface area contributed by atoms with Crippen LogP contribution in [0.5, 0.6) is 0 Å². The van der Waals surface area contributed by atoms with Gasteiger partial charge in [0, 0.05) is 7.05 Å². The third-order valence-corrected chi connectivity index (χ3v) is 5.04. The van der Waals surface area contributed by atoms with Crippen molar-refractivity contribution in [3.05, 3.63) is 70.3 Å². The molecule has 2 N–H and O–H groups in total. The Balaban J connectivity index is 1.80. The van der Waals surface area contributed by atoms with Gasteiger partial charge in [-0.25, -0.2) is 9.97 Å². The van der Waals surface area contributed by atoms with Crippen LogP contribution >= 0.6 is 0 Å². The molecular weight excluding hydrogens is 380 g/mol. The normalized spacial score (nSPS) is 11.1. The summed E-state index contributed by atoms with van der Waals surface area (Å²) in [6.45, 7) is 1.73. The lowest BCUT2D eigenvalue weighted by atomic mass is 10.1. The van der Waals surface area contributed by atoms with E-state index >= 15 is 0 Å². The van der Waals surface area contributed by atoms with Crippen LogP contribution in [0, 0.1) is 18.3 Å². The number of aromatic amines is 1. The zero-order chi connectivity index (χ0) is 20.8. The number of hydrogen-bond donors (Lipinski definition) is 2. The summed E-state index contributed by atoms with van der Waals surface area (Å²) < 4.78 is 7.15. The Bertz CT molecular complexity index is 1520. The molecule has 3 heterocycles. The van der Waals surface area contributed by atoms with Crippen LogP contribution in [0.1, 0.15) is 11.4 Å². The van der Waals surface area contributed by atoms with Crippen LogP contribution in [0.15, 0.2) is 57.7 Å². The quantitative estimate of drug-likeness (QED) is 0.481. The number of nitrogens with zero attached hydrogens (tertiary/aromatic N) is 4. The number of nitrogens with one attached hydrogen (secondary N) is 2. The van der Waals surface area contributed by atoms with Crippen LogP contribution in [-0.2, 0) is 0 Å². The Labute approximate surface area is 170 Å². The summed E-state index contributed by atoms with van der Waals surface area (Å²) in [7, 11) is 1.80. The van der Waals surface area contributed by atoms with Crippen LogP contribution in [0.3, 0.4) is 0 Å². The number of H-pyrrole nitrogens is 1. The number of para-hydroxylation sites is 1. The Morgan fingerprint density at radius 2 is 1.90 bits per heavy atom. The fourth-order valence-electron chi connectivity index (χ4n) is 3.64. The van der Waals surface area contributed by atoms with Gasteiger partial charge in [-0.2, -0.15) is 9.78 Å². The molecule has 8 heteroatoms. The third-order valence-electron chi connectivity index (χ3n) is 5.04. The molecule has 5 aromatic rings. The van der Waals surface area contributed by atoms with E-state index in [0.717, 1.165) is 11.3 Å². The van der Waals surface area contributed by atoms with Gasteiger partial charge < -0.3 is 9.73 Å². The molecule has 0 fully saturated rings. The largest absolute Gasteiger partial charge is 0.436 e. The van der Waals surface area contributed by atoms with Gasteiger partial charge in [0.25, 0.3) is 5.56 Å². The van der Waals surface area contributed by atoms with E-state index in [0.29, 0.717) is 28.0 Å². The maximum atomic E-state index is 13.4. The van der Waals surface area contributed by atoms with E-state index in [1.807, 2.05) is 42.5 Å². The second kappa shape index (κ2) is 6.60. The number of hydrogen-bond acceptors (Lipinski definition) is 6. The SMILES string of the molecule is CNc1cccc2oc(-c3c(C)nc4c(-c5ccccc5)c(C#N)[nH]n4c3=O)nc12. The van der Waals surface area contributed by atoms with Crippen LogP contribution in [-0.4, -0.2) is 26.6 Å². The molecule has 0 bridgehead atoms. The van der Waals surface area contributed by atoms with Gasteiger partial charge in [0.1, 0.15) is 22.8 Å². The second-order valence-electron chi connectivity index (χ2n) is 6.80. The topological polar surface area (TPSA) is 112 Å². The molecule has 0 radical (unpaired) electrons. The molecule has 8 nitrogen and oxygen atoms in total. The zero-order valence-corrected chi connectivity index (χ0v) is 16.2. The van der Waals surface area contributed by atoms with E-state index in [4.69, 9.17) is 4.42 Å². The molecule has 0 spiro atoms. The molecule has 5 rings (SSSR count). The van der Waals surface area contributed by atoms with E-state index in [1.165, 1.54) is 4.52 Å². The molecule has 0 unspecified atom stereocenters. The van der Waals surface area contributed by atoms with E-state index in [9.17, 15) is 10.1 Å². The van der Waals surface area contributed by atoms with Gasteiger partial charge in [0.2, 0.25) is 5.89 Å². The number of oxazole rings is 1. The lowest BCUT2D eigenvalue weighted by Gasteiger charge is -2.03. The highest BCUT2D eigenvalue weighted by atomic mass is 16.3. The molecule has 0 aliphatic carbocycles. The number of anilines is 1. The first-order valence-electron chi connectivity index (χ1n) is 9.31. The van der Waals surface area contributed by atoms with Crippen molar-refractivity contribution in [2.24, 2.45) is 0 Å². The zero-order valence-electron chi connectivity index (χ0n) is 16.2. The van der Waals surface area contributed by atoms with Gasteiger partial charge >= 0.3 is 0 Å². The van der Waals surface area contributed by atoms with Gasteiger partial charge in [-0.15, -0.1) is 0 Å². The monoisotopic (exact) mass is 396 g/mol. The van der Waals surface area contributed by atoms with Crippen LogP contribution in [0.4, 0.5) is 5.69 Å². The molecule has 0 amide bonds. The van der Waals surface area contributed by atoms with Crippen molar-refractivity contribution in [1.29, 1.82) is 5.26 Å². The lowest BCUT2D eigenvalue weighted by Crippen LogP contribution is -2.19. The van der Waals surface area contributed by atoms with E-state index < -0.39 is 0 Å². The number of aromatic nitrogens is 4. The minimum atomic E-state index is -0.381. The summed E-state index contributed by atoms with van der Waals surface area (Å²) in [5.41, 5.74) is 4.36. The van der Waals surface area contributed by atoms with Crippen molar-refractivity contribution in [1.82, 2.24) is 19.6 Å². The van der Waals surface area contributed by atoms with Gasteiger partial charge in [-0.3, -0.25) is 9.89 Å². The number of aryl methyl sites for hydroxylation is 1. The number of rotatable bonds is 3. The molecule has 3 aromatic heterocycles. The average molecular weight is 396 g/mol. The molecule has 146 valence electrons. The molecule has 0 saturated heterocycles. The molecule has 0 aliphatic rings. The van der Waals surface area contributed by atoms with Gasteiger partial charge in [-0.05, 0) is 24.6 Å². The first-order chi connectivity index (χ1) is 14.6. The highest BCUT2D eigenvalue weighted by Crippen LogP contribution is 2.30. The average Bonchev–Trinajstić information content (AvgIpc) is 3.35. The van der Waals surface area contributed by atoms with Gasteiger partial charge in [-0.1, -0.05) is 36.4 Å². The Morgan fingerprint density at radius 3 is 2.63 bits per heavy atom. The predicted octanol–water partition coefficient (Wildman–Crippen LogP) is 3.72. The minimum Gasteiger partial charge on any atom is -0.436 e. The van der Waals surface area contributed by atoms with Gasteiger partial charge in [0.15, 0.2) is 11.2 Å². The number of nitriles is 1. The Hall–Kier alpha value is -4.38. The van der Waals surface area contributed by atoms with Crippen LogP contribution in [0.25, 0.3) is 39.3 Å². The van der Waals surface area contributed by atoms with Crippen molar-refractivity contribution >= 4 is 22.4 Å². The Morgan fingerprint density at radius 1 is 1.10 bits per heavy atom. The standard InChI is InChI=1S/C22H16N6O2/c1-12-17(21-26-19-14(24-2)9-6-10-16(19)30-21)22(29)28-20(25-12)18(15(11-23)27-28)13-7-4-3-5-8-13/h3-10,24,27H,1-2H3. The van der Waals surface area contributed by atoms with Crippen LogP contribution in [0.2, 0.25) is 0 Å². The summed E-state index contributed by atoms with van der Waals surface area (Å²) in [5, 5.41) is 15.6. The first kappa shape index (κ1) is 17.7. The minimum absolute atomic E-state index is 0.187. The summed E-state index contributed by atoms with van der Waals surface area (Å²) >= 11 is 0. The molecular formula is C22H16N6O2. The third kappa shape index (κ3) is 2.49. The summed E-state index contributed by atoms with van der Waals surface area (Å²) in [6.07, 6.45) is 0. The fraction of sp³-hybridized carbons (Fsp3) is 0.0909. The molecule has 0 saturated carbocycles. The van der Waals surface area contributed by atoms with Crippen molar-refractivity contribution in [2.75, 3.05) is 12.4 Å². The smallest absolute Gasteiger partial charge is 0.285 e. The van der Waals surface area contributed by atoms with Crippen molar-refractivity contribution in [3.8, 4) is 28.7 Å². The van der Waals surface area contributed by atoms with E-state index in [2.05, 4.69) is 26.5 Å². The van der Waals surface area contributed by atoms with Crippen molar-refractivity contribution in [3.63, 3.8) is 0 Å². The molecule has 2 aromatic carbocycles. The fourth-order valence-corrected chi connectivity index (χ4v) is 3.64. The predicted molar refractivity (Wildman–Crippen MR) is 113 cm³/mol. The first-order valence-corrected chi connectivity index (χ1v) is 9.31. The summed E-state index contributed by atoms with van der Waals surface area (Å²) in [6, 6.07) is 17.0. The van der Waals surface area contributed by atoms with Gasteiger partial charge in [0.05, 0.1) is 16.9 Å². The number of fused-ring (bicyclic) bond motifs is 2. The van der Waals surface area contributed by atoms with E-state index in [1.54, 1.807) is 20.0 Å². The Kier molecular flexibility index (Phi) is 3.89. The highest BCUT2D eigenvalue weighted by Gasteiger charge is 2.23. The maximum absolute atomic E-state index is 13.4. The second-order valence-corrected chi connectivity index (χ2v) is 6.80. The maximum Gasteiger partial charge on any atom is 0.285 e. The summed E-state index contributed by atoms with van der Waals surface area (Å²) in [5.74, 6) is 0.187. The molecule has 30 heavy (non-hydrogen) atoms. The molecule has 0 atom stereocenters. The lowest BCUT2D eigenvalue weighted by molar-refractivity contribution is 0.616. The van der Waals surface area contributed by atoms with Crippen LogP contribution < -0.4 is 10.9 Å². The summed E-state index contributed by atoms with van der Waals surface area (Å²) in [4.78, 5) is 22.5. The number of benzene rings is 2. The van der Waals surface area contributed by atoms with E-state index in [-0.39, 0.29) is 22.7 Å².